The first-order chi connectivity index (χ1) is 8.22. The molecule has 4 heteroatoms. The van der Waals surface area contributed by atoms with Gasteiger partial charge in [-0.3, -0.25) is 4.98 Å². The van der Waals surface area contributed by atoms with Gasteiger partial charge in [-0.2, -0.15) is 0 Å². The third-order valence-corrected chi connectivity index (χ3v) is 2.71. The smallest absolute Gasteiger partial charge is 0.0477 e. The van der Waals surface area contributed by atoms with Crippen molar-refractivity contribution < 1.29 is 4.74 Å². The molecule has 2 N–H and O–H groups in total. The lowest BCUT2D eigenvalue weighted by Crippen LogP contribution is -2.37. The van der Waals surface area contributed by atoms with E-state index < -0.39 is 0 Å². The van der Waals surface area contributed by atoms with Gasteiger partial charge in [0, 0.05) is 51.2 Å². The Balaban J connectivity index is 2.19. The maximum absolute atomic E-state index is 5.99. The molecule has 0 fully saturated rings. The molecule has 0 radical (unpaired) electrons. The molecule has 4 nitrogen and oxygen atoms in total. The van der Waals surface area contributed by atoms with Crippen LogP contribution in [0, 0.1) is 0 Å². The van der Waals surface area contributed by atoms with Crippen LogP contribution < -0.4 is 5.73 Å². The molecule has 0 aliphatic heterocycles. The summed E-state index contributed by atoms with van der Waals surface area (Å²) in [6, 6.07) is 6.20. The van der Waals surface area contributed by atoms with Crippen LogP contribution in [0.5, 0.6) is 0 Å². The van der Waals surface area contributed by atoms with Crippen LogP contribution in [0.3, 0.4) is 0 Å². The normalized spacial score (nSPS) is 12.9. The van der Waals surface area contributed by atoms with Gasteiger partial charge in [-0.1, -0.05) is 6.07 Å². The zero-order valence-corrected chi connectivity index (χ0v) is 10.8. The van der Waals surface area contributed by atoms with Gasteiger partial charge >= 0.3 is 0 Å². The lowest BCUT2D eigenvalue weighted by molar-refractivity contribution is 0.180. The number of aromatic nitrogens is 1. The highest BCUT2D eigenvalue weighted by molar-refractivity contribution is 5.03. The fourth-order valence-electron chi connectivity index (χ4n) is 1.70. The second-order valence-corrected chi connectivity index (χ2v) is 4.37. The van der Waals surface area contributed by atoms with E-state index in [9.17, 15) is 0 Å². The Hall–Kier alpha value is -0.970. The van der Waals surface area contributed by atoms with Crippen LogP contribution in [0.1, 0.15) is 12.1 Å². The van der Waals surface area contributed by atoms with Gasteiger partial charge in [0.05, 0.1) is 0 Å². The van der Waals surface area contributed by atoms with Crippen molar-refractivity contribution in [1.29, 1.82) is 0 Å². The van der Waals surface area contributed by atoms with Crippen LogP contribution in [0.15, 0.2) is 24.4 Å². The van der Waals surface area contributed by atoms with Gasteiger partial charge in [0.25, 0.3) is 0 Å². The highest BCUT2D eigenvalue weighted by Gasteiger charge is 2.06. The van der Waals surface area contributed by atoms with Gasteiger partial charge in [-0.05, 0) is 25.6 Å². The Morgan fingerprint density at radius 3 is 2.94 bits per heavy atom. The number of hydrogen-bond donors (Lipinski definition) is 1. The molecule has 0 saturated heterocycles. The van der Waals surface area contributed by atoms with E-state index in [0.29, 0.717) is 0 Å². The summed E-state index contributed by atoms with van der Waals surface area (Å²) in [4.78, 5) is 6.55. The maximum atomic E-state index is 5.99. The van der Waals surface area contributed by atoms with E-state index in [-0.39, 0.29) is 6.04 Å². The van der Waals surface area contributed by atoms with Gasteiger partial charge in [0.1, 0.15) is 0 Å². The third kappa shape index (κ3) is 6.36. The monoisotopic (exact) mass is 237 g/mol. The molecule has 1 heterocycles. The highest BCUT2D eigenvalue weighted by Crippen LogP contribution is 1.98. The molecule has 0 bridgehead atoms. The molecule has 0 aliphatic rings. The van der Waals surface area contributed by atoms with Gasteiger partial charge in [0.2, 0.25) is 0 Å². The topological polar surface area (TPSA) is 51.4 Å². The maximum Gasteiger partial charge on any atom is 0.0477 e. The summed E-state index contributed by atoms with van der Waals surface area (Å²) in [5.74, 6) is 0. The minimum absolute atomic E-state index is 0.184. The highest BCUT2D eigenvalue weighted by atomic mass is 16.5. The summed E-state index contributed by atoms with van der Waals surface area (Å²) >= 11 is 0. The number of nitrogens with two attached hydrogens (primary N) is 1. The zero-order valence-electron chi connectivity index (χ0n) is 10.8. The number of ether oxygens (including phenoxy) is 1. The summed E-state index contributed by atoms with van der Waals surface area (Å²) in [7, 11) is 3.80. The molecule has 0 saturated carbocycles. The first kappa shape index (κ1) is 14.1. The number of likely N-dealkylation sites (N-methyl/N-ethyl adjacent to an activating group) is 1. The van der Waals surface area contributed by atoms with Gasteiger partial charge in [0.15, 0.2) is 0 Å². The minimum Gasteiger partial charge on any atom is -0.385 e. The average molecular weight is 237 g/mol. The van der Waals surface area contributed by atoms with Crippen LogP contribution in [0.4, 0.5) is 0 Å². The van der Waals surface area contributed by atoms with Crippen LogP contribution in [0.25, 0.3) is 0 Å². The summed E-state index contributed by atoms with van der Waals surface area (Å²) in [5, 5.41) is 0. The van der Waals surface area contributed by atoms with Crippen molar-refractivity contribution in [2.24, 2.45) is 5.73 Å². The molecule has 1 aromatic heterocycles. The summed E-state index contributed by atoms with van der Waals surface area (Å²) in [6.07, 6.45) is 3.71. The summed E-state index contributed by atoms with van der Waals surface area (Å²) in [6.45, 7) is 2.61. The quantitative estimate of drug-likeness (QED) is 0.730. The van der Waals surface area contributed by atoms with E-state index in [1.54, 1.807) is 7.11 Å². The van der Waals surface area contributed by atoms with E-state index in [1.807, 2.05) is 18.3 Å². The number of pyridine rings is 1. The molecule has 1 atom stereocenters. The molecule has 0 aromatic carbocycles. The second kappa shape index (κ2) is 8.17. The van der Waals surface area contributed by atoms with Crippen molar-refractivity contribution in [3.8, 4) is 0 Å². The Bertz CT molecular complexity index is 292. The largest absolute Gasteiger partial charge is 0.385 e. The molecule has 1 aromatic rings. The fourth-order valence-corrected chi connectivity index (χ4v) is 1.70. The SMILES string of the molecule is COCCC(N)CN(C)CCc1ccccn1. The molecule has 1 unspecified atom stereocenters. The van der Waals surface area contributed by atoms with E-state index in [0.717, 1.165) is 38.2 Å². The van der Waals surface area contributed by atoms with Crippen molar-refractivity contribution >= 4 is 0 Å². The van der Waals surface area contributed by atoms with Gasteiger partial charge in [-0.15, -0.1) is 0 Å². The minimum atomic E-state index is 0.184. The van der Waals surface area contributed by atoms with Crippen molar-refractivity contribution in [3.63, 3.8) is 0 Å². The number of methoxy groups -OCH3 is 1. The number of nitrogens with zero attached hydrogens (tertiary/aromatic N) is 2. The lowest BCUT2D eigenvalue weighted by Gasteiger charge is -2.20. The first-order valence-electron chi connectivity index (χ1n) is 6.05. The van der Waals surface area contributed by atoms with Crippen LogP contribution in [0.2, 0.25) is 0 Å². The van der Waals surface area contributed by atoms with Crippen molar-refractivity contribution in [2.75, 3.05) is 33.9 Å². The third-order valence-electron chi connectivity index (χ3n) is 2.71. The summed E-state index contributed by atoms with van der Waals surface area (Å²) in [5.41, 5.74) is 7.12. The molecular formula is C13H23N3O. The first-order valence-corrected chi connectivity index (χ1v) is 6.05. The fraction of sp³-hybridized carbons (Fsp3) is 0.615. The van der Waals surface area contributed by atoms with E-state index in [1.165, 1.54) is 0 Å². The lowest BCUT2D eigenvalue weighted by atomic mass is 10.2. The number of rotatable bonds is 8. The van der Waals surface area contributed by atoms with E-state index in [2.05, 4.69) is 23.0 Å². The van der Waals surface area contributed by atoms with Crippen LogP contribution in [-0.2, 0) is 11.2 Å². The predicted octanol–water partition coefficient (Wildman–Crippen LogP) is 0.920. The molecule has 0 amide bonds. The molecule has 1 rings (SSSR count). The molecular weight excluding hydrogens is 214 g/mol. The van der Waals surface area contributed by atoms with Gasteiger partial charge in [-0.25, -0.2) is 0 Å². The van der Waals surface area contributed by atoms with Crippen molar-refractivity contribution in [2.45, 2.75) is 18.9 Å². The Morgan fingerprint density at radius 1 is 1.47 bits per heavy atom. The Labute approximate surface area is 104 Å². The van der Waals surface area contributed by atoms with E-state index in [4.69, 9.17) is 10.5 Å². The molecule has 96 valence electrons. The van der Waals surface area contributed by atoms with Crippen molar-refractivity contribution in [1.82, 2.24) is 9.88 Å². The molecule has 17 heavy (non-hydrogen) atoms. The second-order valence-electron chi connectivity index (χ2n) is 4.37. The zero-order chi connectivity index (χ0) is 12.5. The number of hydrogen-bond acceptors (Lipinski definition) is 4. The molecule has 0 spiro atoms. The molecule has 0 aliphatic carbocycles. The Morgan fingerprint density at radius 2 is 2.29 bits per heavy atom. The van der Waals surface area contributed by atoms with Gasteiger partial charge < -0.3 is 15.4 Å². The Kier molecular flexibility index (Phi) is 6.77. The van der Waals surface area contributed by atoms with Crippen LogP contribution in [-0.4, -0.2) is 49.8 Å². The van der Waals surface area contributed by atoms with E-state index >= 15 is 0 Å². The van der Waals surface area contributed by atoms with Crippen LogP contribution >= 0.6 is 0 Å². The predicted molar refractivity (Wildman–Crippen MR) is 69.9 cm³/mol. The van der Waals surface area contributed by atoms with Crippen molar-refractivity contribution in [3.05, 3.63) is 30.1 Å². The average Bonchev–Trinajstić information content (AvgIpc) is 2.35. The summed E-state index contributed by atoms with van der Waals surface area (Å²) < 4.78 is 5.01. The standard InChI is InChI=1S/C13H23N3O/c1-16(11-12(14)7-10-17-2)9-6-13-5-3-4-8-15-13/h3-5,8,12H,6-7,9-11,14H2,1-2H3.